The molecule has 1 aliphatic carbocycles. The van der Waals surface area contributed by atoms with Gasteiger partial charge in [-0.1, -0.05) is 11.6 Å². The predicted octanol–water partition coefficient (Wildman–Crippen LogP) is 2.00. The van der Waals surface area contributed by atoms with Crippen LogP contribution in [0.4, 0.5) is 5.69 Å². The van der Waals surface area contributed by atoms with Gasteiger partial charge < -0.3 is 19.9 Å². The Labute approximate surface area is 158 Å². The quantitative estimate of drug-likeness (QED) is 0.449. The van der Waals surface area contributed by atoms with Gasteiger partial charge in [0.2, 0.25) is 0 Å². The maximum atomic E-state index is 13.5. The number of hydrogen-bond donors (Lipinski definition) is 2. The predicted molar refractivity (Wildman–Crippen MR) is 98.4 cm³/mol. The summed E-state index contributed by atoms with van der Waals surface area (Å²) in [6.45, 7) is 4.35. The maximum absolute atomic E-state index is 13.5. The van der Waals surface area contributed by atoms with E-state index >= 15 is 0 Å². The van der Waals surface area contributed by atoms with Gasteiger partial charge in [-0.15, -0.1) is 0 Å². The SMILES string of the molecule is C/C=C1/CCN2CC[C@@]34c5cc(O)ccc5N[C@]35OC[C@@]4(C(=O)OC)[C@H]1C25. The fourth-order valence-corrected chi connectivity index (χ4v) is 7.38. The highest BCUT2D eigenvalue weighted by molar-refractivity contribution is 5.87. The van der Waals surface area contributed by atoms with Gasteiger partial charge >= 0.3 is 5.97 Å². The van der Waals surface area contributed by atoms with Crippen molar-refractivity contribution in [3.05, 3.63) is 35.4 Å². The van der Waals surface area contributed by atoms with Crippen LogP contribution in [0, 0.1) is 11.3 Å². The molecule has 6 nitrogen and oxygen atoms in total. The van der Waals surface area contributed by atoms with Gasteiger partial charge in [0.1, 0.15) is 11.2 Å². The number of hydrogen-bond acceptors (Lipinski definition) is 6. The first-order chi connectivity index (χ1) is 13.1. The van der Waals surface area contributed by atoms with Gasteiger partial charge in [0.15, 0.2) is 5.72 Å². The van der Waals surface area contributed by atoms with Crippen molar-refractivity contribution in [2.45, 2.75) is 36.9 Å². The Kier molecular flexibility index (Phi) is 2.76. The molecule has 4 bridgehead atoms. The molecule has 5 aliphatic rings. The Bertz CT molecular complexity index is 913. The number of carbonyl (C=O) groups excluding carboxylic acids is 1. The number of aromatic hydroxyl groups is 1. The molecule has 1 aromatic carbocycles. The third-order valence-corrected chi connectivity index (χ3v) is 8.14. The molecule has 0 amide bonds. The highest BCUT2D eigenvalue weighted by Crippen LogP contribution is 2.77. The second kappa shape index (κ2) is 4.67. The fourth-order valence-electron chi connectivity index (χ4n) is 7.38. The summed E-state index contributed by atoms with van der Waals surface area (Å²) in [6, 6.07) is 5.53. The number of nitrogens with zero attached hydrogens (tertiary/aromatic N) is 1. The molecule has 1 aromatic rings. The van der Waals surface area contributed by atoms with Gasteiger partial charge in [-0.25, -0.2) is 0 Å². The highest BCUT2D eigenvalue weighted by Gasteiger charge is 2.89. The third-order valence-electron chi connectivity index (χ3n) is 8.14. The van der Waals surface area contributed by atoms with Crippen molar-refractivity contribution in [2.75, 3.05) is 32.1 Å². The van der Waals surface area contributed by atoms with Crippen molar-refractivity contribution in [2.24, 2.45) is 11.3 Å². The van der Waals surface area contributed by atoms with E-state index in [0.717, 1.165) is 37.2 Å². The van der Waals surface area contributed by atoms with Gasteiger partial charge in [0.25, 0.3) is 0 Å². The minimum Gasteiger partial charge on any atom is -0.508 e. The summed E-state index contributed by atoms with van der Waals surface area (Å²) in [7, 11) is 1.48. The molecule has 27 heavy (non-hydrogen) atoms. The van der Waals surface area contributed by atoms with Crippen LogP contribution in [0.25, 0.3) is 0 Å². The summed E-state index contributed by atoms with van der Waals surface area (Å²) < 4.78 is 12.0. The van der Waals surface area contributed by atoms with Crippen LogP contribution in [-0.4, -0.2) is 54.5 Å². The molecular weight excluding hydrogens is 344 g/mol. The van der Waals surface area contributed by atoms with E-state index in [4.69, 9.17) is 9.47 Å². The minimum absolute atomic E-state index is 0.0722. The van der Waals surface area contributed by atoms with E-state index in [9.17, 15) is 9.90 Å². The number of fused-ring (bicyclic) bond motifs is 2. The molecule has 6 heteroatoms. The number of piperidine rings is 2. The first kappa shape index (κ1) is 16.0. The van der Waals surface area contributed by atoms with Crippen molar-refractivity contribution in [3.8, 4) is 5.75 Å². The van der Waals surface area contributed by atoms with E-state index in [1.807, 2.05) is 12.1 Å². The van der Waals surface area contributed by atoms with Crippen LogP contribution in [0.1, 0.15) is 25.3 Å². The van der Waals surface area contributed by atoms with Crippen LogP contribution in [0.5, 0.6) is 5.75 Å². The zero-order valence-electron chi connectivity index (χ0n) is 15.6. The molecule has 1 saturated carbocycles. The van der Waals surface area contributed by atoms with Crippen molar-refractivity contribution >= 4 is 11.7 Å². The van der Waals surface area contributed by atoms with Gasteiger partial charge in [-0.3, -0.25) is 9.69 Å². The monoisotopic (exact) mass is 368 g/mol. The molecular formula is C21H24N2O4. The topological polar surface area (TPSA) is 71.0 Å². The van der Waals surface area contributed by atoms with E-state index in [2.05, 4.69) is 23.2 Å². The highest BCUT2D eigenvalue weighted by atomic mass is 16.6. The lowest BCUT2D eigenvalue weighted by molar-refractivity contribution is -0.163. The van der Waals surface area contributed by atoms with E-state index in [1.54, 1.807) is 6.07 Å². The van der Waals surface area contributed by atoms with Crippen LogP contribution in [0.3, 0.4) is 0 Å². The maximum Gasteiger partial charge on any atom is 0.315 e. The van der Waals surface area contributed by atoms with E-state index in [-0.39, 0.29) is 23.7 Å². The Hall–Kier alpha value is -2.05. The summed E-state index contributed by atoms with van der Waals surface area (Å²) in [5.74, 6) is 0.117. The molecule has 142 valence electrons. The van der Waals surface area contributed by atoms with Gasteiger partial charge in [-0.2, -0.15) is 0 Å². The summed E-state index contributed by atoms with van der Waals surface area (Å²) in [5, 5.41) is 13.9. The lowest BCUT2D eigenvalue weighted by Gasteiger charge is -2.52. The van der Waals surface area contributed by atoms with Crippen LogP contribution in [0.15, 0.2) is 29.8 Å². The summed E-state index contributed by atoms with van der Waals surface area (Å²) in [5.41, 5.74) is 1.38. The van der Waals surface area contributed by atoms with Crippen molar-refractivity contribution in [1.82, 2.24) is 4.90 Å². The molecule has 1 unspecified atom stereocenters. The zero-order valence-corrected chi connectivity index (χ0v) is 15.6. The average molecular weight is 368 g/mol. The number of methoxy groups -OCH3 is 1. The Morgan fingerprint density at radius 1 is 1.44 bits per heavy atom. The van der Waals surface area contributed by atoms with E-state index in [0.29, 0.717) is 6.61 Å². The number of nitrogens with one attached hydrogen (secondary N) is 1. The first-order valence-electron chi connectivity index (χ1n) is 9.79. The molecule has 0 aromatic heterocycles. The van der Waals surface area contributed by atoms with Gasteiger partial charge in [-0.05, 0) is 50.1 Å². The summed E-state index contributed by atoms with van der Waals surface area (Å²) >= 11 is 0. The third kappa shape index (κ3) is 1.36. The standard InChI is InChI=1S/C21H24N2O4/c1-3-12-6-8-23-9-7-20-14-10-13(24)4-5-15(14)22-21(20)17(23)16(12)19(20,11-27-21)18(25)26-2/h3-5,10,16-17,22,24H,6-9,11H2,1-2H3/b12-3-/t16-,17?,19+,20+,21-/m1/s1. The molecule has 3 saturated heterocycles. The minimum atomic E-state index is -0.768. The summed E-state index contributed by atoms with van der Waals surface area (Å²) in [4.78, 5) is 16.0. The number of phenolic OH excluding ortho intramolecular Hbond substituents is 1. The summed E-state index contributed by atoms with van der Waals surface area (Å²) in [6.07, 6.45) is 3.99. The molecule has 4 heterocycles. The smallest absolute Gasteiger partial charge is 0.315 e. The number of phenols is 1. The van der Waals surface area contributed by atoms with Crippen LogP contribution >= 0.6 is 0 Å². The number of benzene rings is 1. The zero-order chi connectivity index (χ0) is 18.6. The molecule has 0 spiro atoms. The molecule has 2 N–H and O–H groups in total. The second-order valence-corrected chi connectivity index (χ2v) is 8.57. The van der Waals surface area contributed by atoms with E-state index < -0.39 is 16.6 Å². The average Bonchev–Trinajstić information content (AvgIpc) is 3.20. The van der Waals surface area contributed by atoms with Crippen molar-refractivity contribution in [3.63, 3.8) is 0 Å². The van der Waals surface area contributed by atoms with Gasteiger partial charge in [0, 0.05) is 18.2 Å². The molecule has 6 rings (SSSR count). The fraction of sp³-hybridized carbons (Fsp3) is 0.571. The Morgan fingerprint density at radius 2 is 2.30 bits per heavy atom. The van der Waals surface area contributed by atoms with Crippen molar-refractivity contribution in [1.29, 1.82) is 0 Å². The van der Waals surface area contributed by atoms with Gasteiger partial charge in [0.05, 0.1) is 25.2 Å². The Balaban J connectivity index is 1.72. The largest absolute Gasteiger partial charge is 0.508 e. The van der Waals surface area contributed by atoms with Crippen LogP contribution in [0.2, 0.25) is 0 Å². The molecule has 0 radical (unpaired) electrons. The second-order valence-electron chi connectivity index (χ2n) is 8.57. The number of allylic oxidation sites excluding steroid dienone is 1. The van der Waals surface area contributed by atoms with Crippen LogP contribution < -0.4 is 5.32 Å². The number of anilines is 1. The lowest BCUT2D eigenvalue weighted by Crippen LogP contribution is -2.67. The molecule has 4 aliphatic heterocycles. The molecule has 4 fully saturated rings. The number of esters is 1. The number of rotatable bonds is 1. The van der Waals surface area contributed by atoms with Crippen LogP contribution in [-0.2, 0) is 19.7 Å². The Morgan fingerprint density at radius 3 is 3.07 bits per heavy atom. The number of ether oxygens (including phenoxy) is 2. The first-order valence-corrected chi connectivity index (χ1v) is 9.79. The van der Waals surface area contributed by atoms with Crippen molar-refractivity contribution < 1.29 is 19.4 Å². The van der Waals surface area contributed by atoms with E-state index in [1.165, 1.54) is 12.7 Å². The number of carbonyl (C=O) groups is 1. The molecule has 5 atom stereocenters. The normalized spacial score (nSPS) is 44.7. The lowest BCUT2D eigenvalue weighted by atomic mass is 9.57.